The monoisotopic (exact) mass is 360 g/mol. The number of carboxylic acids is 1. The maximum Gasteiger partial charge on any atom is 0.323 e. The number of carbonyl (C=O) groups excluding carboxylic acids is 1. The Morgan fingerprint density at radius 1 is 1.25 bits per heavy atom. The maximum atomic E-state index is 12.4. The third kappa shape index (κ3) is 3.39. The Bertz CT molecular complexity index is 1020. The van der Waals surface area contributed by atoms with Gasteiger partial charge in [-0.05, 0) is 42.8 Å². The van der Waals surface area contributed by atoms with Crippen LogP contribution in [-0.2, 0) is 11.3 Å². The Morgan fingerprint density at radius 2 is 2.04 bits per heavy atom. The normalized spacial score (nSPS) is 11.8. The molecule has 1 N–H and O–H groups in total. The van der Waals surface area contributed by atoms with Crippen LogP contribution in [0.1, 0.15) is 15.9 Å². The van der Waals surface area contributed by atoms with Crippen LogP contribution in [-0.4, -0.2) is 21.6 Å². The van der Waals surface area contributed by atoms with Crippen LogP contribution in [0.2, 0.25) is 5.02 Å². The Hall–Kier alpha value is -2.44. The quantitative estimate of drug-likeness (QED) is 0.777. The van der Waals surface area contributed by atoms with Crippen molar-refractivity contribution >= 4 is 45.0 Å². The predicted octanol–water partition coefficient (Wildman–Crippen LogP) is 3.49. The van der Waals surface area contributed by atoms with E-state index in [0.29, 0.717) is 15.4 Å². The highest BCUT2D eigenvalue weighted by molar-refractivity contribution is 7.16. The summed E-state index contributed by atoms with van der Waals surface area (Å²) in [6, 6.07) is 12.2. The first-order valence-corrected chi connectivity index (χ1v) is 8.30. The van der Waals surface area contributed by atoms with Crippen LogP contribution in [0.3, 0.4) is 0 Å². The van der Waals surface area contributed by atoms with Crippen molar-refractivity contribution < 1.29 is 14.7 Å². The highest BCUT2D eigenvalue weighted by Crippen LogP contribution is 2.19. The number of carboxylic acid groups (broad SMARTS) is 1. The van der Waals surface area contributed by atoms with Gasteiger partial charge in [0.25, 0.3) is 5.91 Å². The number of aromatic nitrogens is 1. The van der Waals surface area contributed by atoms with Crippen molar-refractivity contribution in [2.45, 2.75) is 13.5 Å². The molecule has 5 nitrogen and oxygen atoms in total. The molecule has 3 aromatic rings. The van der Waals surface area contributed by atoms with E-state index in [2.05, 4.69) is 4.99 Å². The number of aliphatic carboxylic acids is 1. The molecule has 0 spiro atoms. The van der Waals surface area contributed by atoms with E-state index in [1.54, 1.807) is 18.2 Å². The average molecular weight is 361 g/mol. The van der Waals surface area contributed by atoms with Crippen LogP contribution in [0.25, 0.3) is 10.2 Å². The topological polar surface area (TPSA) is 71.7 Å². The van der Waals surface area contributed by atoms with E-state index in [9.17, 15) is 9.59 Å². The van der Waals surface area contributed by atoms with Gasteiger partial charge in [-0.25, -0.2) is 0 Å². The second-order valence-corrected chi connectivity index (χ2v) is 6.71. The molecular weight excluding hydrogens is 348 g/mol. The van der Waals surface area contributed by atoms with Gasteiger partial charge in [0, 0.05) is 10.6 Å². The smallest absolute Gasteiger partial charge is 0.323 e. The van der Waals surface area contributed by atoms with Crippen molar-refractivity contribution in [1.82, 2.24) is 4.57 Å². The molecule has 24 heavy (non-hydrogen) atoms. The fourth-order valence-corrected chi connectivity index (χ4v) is 3.64. The molecule has 122 valence electrons. The zero-order valence-corrected chi connectivity index (χ0v) is 14.3. The van der Waals surface area contributed by atoms with Gasteiger partial charge in [-0.2, -0.15) is 4.99 Å². The standard InChI is InChI=1S/C17H13ClN2O3S/c1-10-5-6-13-14(7-10)24-17(20(13)9-15(21)22)19-16(23)11-3-2-4-12(18)8-11/h2-8H,9H2,1H3,(H,21,22). The van der Waals surface area contributed by atoms with E-state index in [1.807, 2.05) is 25.1 Å². The number of nitrogens with zero attached hydrogens (tertiary/aromatic N) is 2. The van der Waals surface area contributed by atoms with Gasteiger partial charge in [-0.15, -0.1) is 0 Å². The zero-order chi connectivity index (χ0) is 17.3. The van der Waals surface area contributed by atoms with Crippen LogP contribution in [0.15, 0.2) is 47.5 Å². The average Bonchev–Trinajstić information content (AvgIpc) is 2.83. The van der Waals surface area contributed by atoms with E-state index in [1.165, 1.54) is 22.0 Å². The Kier molecular flexibility index (Phi) is 4.51. The summed E-state index contributed by atoms with van der Waals surface area (Å²) in [6.07, 6.45) is 0. The minimum Gasteiger partial charge on any atom is -0.480 e. The lowest BCUT2D eigenvalue weighted by molar-refractivity contribution is -0.137. The fourth-order valence-electron chi connectivity index (χ4n) is 2.33. The van der Waals surface area contributed by atoms with Crippen molar-refractivity contribution in [1.29, 1.82) is 0 Å². The zero-order valence-electron chi connectivity index (χ0n) is 12.7. The third-order valence-corrected chi connectivity index (χ3v) is 4.68. The van der Waals surface area contributed by atoms with Gasteiger partial charge in [-0.1, -0.05) is 35.1 Å². The SMILES string of the molecule is Cc1ccc2c(c1)sc(=NC(=O)c1cccc(Cl)c1)n2CC(=O)O. The molecule has 0 aliphatic rings. The van der Waals surface area contributed by atoms with Crippen molar-refractivity contribution in [2.75, 3.05) is 0 Å². The molecule has 0 radical (unpaired) electrons. The van der Waals surface area contributed by atoms with Gasteiger partial charge in [0.15, 0.2) is 4.80 Å². The van der Waals surface area contributed by atoms with E-state index >= 15 is 0 Å². The number of carbonyl (C=O) groups is 2. The first-order chi connectivity index (χ1) is 11.4. The number of benzene rings is 2. The number of halogens is 1. The van der Waals surface area contributed by atoms with Gasteiger partial charge in [-0.3, -0.25) is 9.59 Å². The summed E-state index contributed by atoms with van der Waals surface area (Å²) in [5, 5.41) is 9.60. The van der Waals surface area contributed by atoms with Crippen LogP contribution < -0.4 is 4.80 Å². The molecule has 0 bridgehead atoms. The molecule has 0 fully saturated rings. The van der Waals surface area contributed by atoms with Crippen LogP contribution in [0.4, 0.5) is 0 Å². The Morgan fingerprint density at radius 3 is 2.75 bits per heavy atom. The summed E-state index contributed by atoms with van der Waals surface area (Å²) < 4.78 is 2.42. The number of thiazole rings is 1. The summed E-state index contributed by atoms with van der Waals surface area (Å²) in [5.74, 6) is -1.45. The summed E-state index contributed by atoms with van der Waals surface area (Å²) in [5.41, 5.74) is 2.16. The summed E-state index contributed by atoms with van der Waals surface area (Å²) >= 11 is 7.19. The van der Waals surface area contributed by atoms with Crippen molar-refractivity contribution in [2.24, 2.45) is 4.99 Å². The molecule has 1 heterocycles. The summed E-state index contributed by atoms with van der Waals surface area (Å²) in [7, 11) is 0. The van der Waals surface area contributed by atoms with Crippen molar-refractivity contribution in [3.8, 4) is 0 Å². The highest BCUT2D eigenvalue weighted by Gasteiger charge is 2.12. The Labute approximate surface area is 146 Å². The molecule has 2 aromatic carbocycles. The molecule has 0 aliphatic heterocycles. The molecule has 1 amide bonds. The summed E-state index contributed by atoms with van der Waals surface area (Å²) in [4.78, 5) is 28.0. The largest absolute Gasteiger partial charge is 0.480 e. The van der Waals surface area contributed by atoms with Gasteiger partial charge >= 0.3 is 5.97 Å². The van der Waals surface area contributed by atoms with Gasteiger partial charge in [0.2, 0.25) is 0 Å². The number of hydrogen-bond acceptors (Lipinski definition) is 3. The molecule has 0 saturated heterocycles. The van der Waals surface area contributed by atoms with E-state index in [4.69, 9.17) is 16.7 Å². The van der Waals surface area contributed by atoms with Crippen molar-refractivity contribution in [3.63, 3.8) is 0 Å². The van der Waals surface area contributed by atoms with E-state index < -0.39 is 11.9 Å². The first-order valence-electron chi connectivity index (χ1n) is 7.10. The van der Waals surface area contributed by atoms with Crippen LogP contribution in [0, 0.1) is 6.92 Å². The molecule has 0 saturated carbocycles. The van der Waals surface area contributed by atoms with E-state index in [-0.39, 0.29) is 6.54 Å². The highest BCUT2D eigenvalue weighted by atomic mass is 35.5. The van der Waals surface area contributed by atoms with Crippen molar-refractivity contribution in [3.05, 3.63) is 63.4 Å². The molecule has 7 heteroatoms. The maximum absolute atomic E-state index is 12.4. The van der Waals surface area contributed by atoms with Crippen LogP contribution >= 0.6 is 22.9 Å². The number of hydrogen-bond donors (Lipinski definition) is 1. The molecule has 3 rings (SSSR count). The predicted molar refractivity (Wildman–Crippen MR) is 93.5 cm³/mol. The number of rotatable bonds is 3. The third-order valence-electron chi connectivity index (χ3n) is 3.40. The van der Waals surface area contributed by atoms with Gasteiger partial charge in [0.05, 0.1) is 10.2 Å². The molecule has 1 aromatic heterocycles. The second kappa shape index (κ2) is 6.59. The number of aryl methyl sites for hydroxylation is 1. The van der Waals surface area contributed by atoms with Gasteiger partial charge < -0.3 is 9.67 Å². The molecular formula is C17H13ClN2O3S. The lowest BCUT2D eigenvalue weighted by Crippen LogP contribution is -2.21. The molecule has 0 unspecified atom stereocenters. The minimum atomic E-state index is -0.994. The lowest BCUT2D eigenvalue weighted by Gasteiger charge is -2.01. The minimum absolute atomic E-state index is 0.259. The van der Waals surface area contributed by atoms with Crippen LogP contribution in [0.5, 0.6) is 0 Å². The molecule has 0 atom stereocenters. The Balaban J connectivity index is 2.16. The van der Waals surface area contributed by atoms with E-state index in [0.717, 1.165) is 15.8 Å². The molecule has 0 aliphatic carbocycles. The number of amides is 1. The number of fused-ring (bicyclic) bond motifs is 1. The fraction of sp³-hybridized carbons (Fsp3) is 0.118. The summed E-state index contributed by atoms with van der Waals surface area (Å²) in [6.45, 7) is 1.69. The second-order valence-electron chi connectivity index (χ2n) is 5.26. The lowest BCUT2D eigenvalue weighted by atomic mass is 10.2. The first kappa shape index (κ1) is 16.4. The van der Waals surface area contributed by atoms with Gasteiger partial charge in [0.1, 0.15) is 6.54 Å².